The fourth-order valence-corrected chi connectivity index (χ4v) is 4.58. The number of amides is 1. The first-order valence-electron chi connectivity index (χ1n) is 10.8. The van der Waals surface area contributed by atoms with Crippen molar-refractivity contribution in [2.75, 3.05) is 11.8 Å². The molecule has 1 unspecified atom stereocenters. The molecule has 10 heteroatoms. The van der Waals surface area contributed by atoms with Crippen LogP contribution in [0.4, 0.5) is 10.1 Å². The maximum Gasteiger partial charge on any atom is 0.261 e. The molecule has 0 bridgehead atoms. The minimum Gasteiger partial charge on any atom is -0.335 e. The highest BCUT2D eigenvalue weighted by Gasteiger charge is 2.21. The number of hydrogen-bond donors (Lipinski definition) is 1. The Morgan fingerprint density at radius 3 is 2.49 bits per heavy atom. The molecule has 1 aromatic heterocycles. The molecule has 0 aliphatic heterocycles. The van der Waals surface area contributed by atoms with Crippen molar-refractivity contribution in [2.45, 2.75) is 24.8 Å². The van der Waals surface area contributed by atoms with Gasteiger partial charge in [-0.3, -0.25) is 9.52 Å². The van der Waals surface area contributed by atoms with Crippen molar-refractivity contribution in [3.8, 4) is 5.69 Å². The fraction of sp³-hybridized carbons (Fsp3) is 0.160. The number of carbonyl (C=O) groups is 1. The maximum atomic E-state index is 13.9. The van der Waals surface area contributed by atoms with E-state index >= 15 is 0 Å². The van der Waals surface area contributed by atoms with Gasteiger partial charge in [-0.1, -0.05) is 24.3 Å². The standard InChI is InChI=1S/C25H24FN5O3S/c1-17-7-12-23(14-24(17)26)35(33,34)29-21-6-4-5-20(13-21)25(32)30(3)18(2)19-8-10-22(11-9-19)31-16-27-15-28-31/h4-16,18,29H,1-3H3. The van der Waals surface area contributed by atoms with Gasteiger partial charge in [0.05, 0.1) is 16.6 Å². The van der Waals surface area contributed by atoms with Crippen molar-refractivity contribution in [2.24, 2.45) is 0 Å². The van der Waals surface area contributed by atoms with Gasteiger partial charge in [-0.2, -0.15) is 5.10 Å². The first-order chi connectivity index (χ1) is 16.7. The van der Waals surface area contributed by atoms with Crippen molar-refractivity contribution in [3.05, 3.63) is 102 Å². The molecule has 4 rings (SSSR count). The Hall–Kier alpha value is -4.05. The summed E-state index contributed by atoms with van der Waals surface area (Å²) in [7, 11) is -2.34. The molecule has 35 heavy (non-hydrogen) atoms. The van der Waals surface area contributed by atoms with Gasteiger partial charge in [0.1, 0.15) is 18.5 Å². The van der Waals surface area contributed by atoms with Crippen LogP contribution in [0.2, 0.25) is 0 Å². The van der Waals surface area contributed by atoms with Crippen molar-refractivity contribution in [1.29, 1.82) is 0 Å². The summed E-state index contributed by atoms with van der Waals surface area (Å²) in [5.41, 5.74) is 2.63. The van der Waals surface area contributed by atoms with Gasteiger partial charge < -0.3 is 4.90 Å². The number of carbonyl (C=O) groups excluding carboxylic acids is 1. The zero-order chi connectivity index (χ0) is 25.2. The number of anilines is 1. The third-order valence-electron chi connectivity index (χ3n) is 5.78. The summed E-state index contributed by atoms with van der Waals surface area (Å²) in [6, 6.07) is 17.3. The van der Waals surface area contributed by atoms with Gasteiger partial charge in [-0.05, 0) is 67.4 Å². The Labute approximate surface area is 203 Å². The van der Waals surface area contributed by atoms with E-state index in [1.54, 1.807) is 42.0 Å². The number of nitrogens with zero attached hydrogens (tertiary/aromatic N) is 4. The molecule has 3 aromatic carbocycles. The molecule has 1 atom stereocenters. The summed E-state index contributed by atoms with van der Waals surface area (Å²) in [6.07, 6.45) is 3.06. The number of benzene rings is 3. The number of aromatic nitrogens is 3. The largest absolute Gasteiger partial charge is 0.335 e. The van der Waals surface area contributed by atoms with Gasteiger partial charge in [0.25, 0.3) is 15.9 Å². The van der Waals surface area contributed by atoms with Crippen molar-refractivity contribution in [1.82, 2.24) is 19.7 Å². The van der Waals surface area contributed by atoms with Crippen molar-refractivity contribution < 1.29 is 17.6 Å². The van der Waals surface area contributed by atoms with E-state index in [2.05, 4.69) is 14.8 Å². The zero-order valence-electron chi connectivity index (χ0n) is 19.4. The molecule has 0 spiro atoms. The Bertz CT molecular complexity index is 1450. The number of hydrogen-bond acceptors (Lipinski definition) is 5. The van der Waals surface area contributed by atoms with Crippen LogP contribution >= 0.6 is 0 Å². The topological polar surface area (TPSA) is 97.2 Å². The first kappa shape index (κ1) is 24.1. The van der Waals surface area contributed by atoms with E-state index in [0.717, 1.165) is 17.3 Å². The Morgan fingerprint density at radius 1 is 1.09 bits per heavy atom. The van der Waals surface area contributed by atoms with Crippen LogP contribution in [-0.2, 0) is 10.0 Å². The molecule has 4 aromatic rings. The molecule has 0 fully saturated rings. The molecule has 0 radical (unpaired) electrons. The Balaban J connectivity index is 1.50. The van der Waals surface area contributed by atoms with Crippen molar-refractivity contribution in [3.63, 3.8) is 0 Å². The number of aryl methyl sites for hydroxylation is 1. The second-order valence-electron chi connectivity index (χ2n) is 8.12. The summed E-state index contributed by atoms with van der Waals surface area (Å²) in [4.78, 5) is 18.5. The third kappa shape index (κ3) is 5.22. The van der Waals surface area contributed by atoms with Crippen LogP contribution in [0, 0.1) is 12.7 Å². The summed E-state index contributed by atoms with van der Waals surface area (Å²) in [5, 5.41) is 4.10. The van der Waals surface area contributed by atoms with Gasteiger partial charge in [-0.15, -0.1) is 0 Å². The highest BCUT2D eigenvalue weighted by atomic mass is 32.2. The minimum atomic E-state index is -4.02. The molecule has 1 N–H and O–H groups in total. The summed E-state index contributed by atoms with van der Waals surface area (Å²) in [6.45, 7) is 3.46. The Morgan fingerprint density at radius 2 is 1.83 bits per heavy atom. The quantitative estimate of drug-likeness (QED) is 0.413. The highest BCUT2D eigenvalue weighted by Crippen LogP contribution is 2.24. The van der Waals surface area contributed by atoms with Crippen LogP contribution in [0.3, 0.4) is 0 Å². The van der Waals surface area contributed by atoms with Crippen LogP contribution in [-0.4, -0.2) is 41.0 Å². The molecule has 0 saturated carbocycles. The van der Waals surface area contributed by atoms with E-state index in [1.165, 1.54) is 30.6 Å². The van der Waals surface area contributed by atoms with Crippen LogP contribution < -0.4 is 4.72 Å². The minimum absolute atomic E-state index is 0.197. The lowest BCUT2D eigenvalue weighted by Crippen LogP contribution is -2.29. The van der Waals surface area contributed by atoms with Gasteiger partial charge in [0, 0.05) is 18.3 Å². The van der Waals surface area contributed by atoms with E-state index in [0.29, 0.717) is 11.1 Å². The lowest BCUT2D eigenvalue weighted by Gasteiger charge is -2.26. The summed E-state index contributed by atoms with van der Waals surface area (Å²) >= 11 is 0. The lowest BCUT2D eigenvalue weighted by molar-refractivity contribution is 0.0742. The van der Waals surface area contributed by atoms with Crippen molar-refractivity contribution >= 4 is 21.6 Å². The molecular weight excluding hydrogens is 469 g/mol. The third-order valence-corrected chi connectivity index (χ3v) is 7.15. The summed E-state index contributed by atoms with van der Waals surface area (Å²) < 4.78 is 43.3. The second-order valence-corrected chi connectivity index (χ2v) is 9.80. The fourth-order valence-electron chi connectivity index (χ4n) is 3.52. The predicted molar refractivity (Wildman–Crippen MR) is 130 cm³/mol. The molecule has 1 amide bonds. The molecule has 1 heterocycles. The highest BCUT2D eigenvalue weighted by molar-refractivity contribution is 7.92. The number of nitrogens with one attached hydrogen (secondary N) is 1. The second kappa shape index (κ2) is 9.67. The van der Waals surface area contributed by atoms with E-state index in [9.17, 15) is 17.6 Å². The van der Waals surface area contributed by atoms with Crippen LogP contribution in [0.25, 0.3) is 5.69 Å². The smallest absolute Gasteiger partial charge is 0.261 e. The SMILES string of the molecule is Cc1ccc(S(=O)(=O)Nc2cccc(C(=O)N(C)C(C)c3ccc(-n4cncn4)cc3)c2)cc1F. The molecule has 0 aliphatic rings. The van der Waals surface area contributed by atoms with E-state index in [-0.39, 0.29) is 22.5 Å². The van der Waals surface area contributed by atoms with E-state index < -0.39 is 15.8 Å². The average molecular weight is 494 g/mol. The monoisotopic (exact) mass is 493 g/mol. The van der Waals surface area contributed by atoms with Crippen LogP contribution in [0.15, 0.2) is 84.3 Å². The number of sulfonamides is 1. The Kier molecular flexibility index (Phi) is 6.65. The molecule has 8 nitrogen and oxygen atoms in total. The van der Waals surface area contributed by atoms with Crippen LogP contribution in [0.5, 0.6) is 0 Å². The zero-order valence-corrected chi connectivity index (χ0v) is 20.2. The van der Waals surface area contributed by atoms with Gasteiger partial charge in [-0.25, -0.2) is 22.5 Å². The maximum absolute atomic E-state index is 13.9. The first-order valence-corrected chi connectivity index (χ1v) is 12.3. The lowest BCUT2D eigenvalue weighted by atomic mass is 10.1. The molecule has 0 saturated heterocycles. The molecular formula is C25H24FN5O3S. The summed E-state index contributed by atoms with van der Waals surface area (Å²) in [5.74, 6) is -0.887. The van der Waals surface area contributed by atoms with Crippen LogP contribution in [0.1, 0.15) is 34.5 Å². The predicted octanol–water partition coefficient (Wildman–Crippen LogP) is 4.35. The van der Waals surface area contributed by atoms with E-state index in [4.69, 9.17) is 0 Å². The van der Waals surface area contributed by atoms with Gasteiger partial charge >= 0.3 is 0 Å². The van der Waals surface area contributed by atoms with Gasteiger partial charge in [0.2, 0.25) is 0 Å². The van der Waals surface area contributed by atoms with E-state index in [1.807, 2.05) is 31.2 Å². The number of rotatable bonds is 7. The molecule has 180 valence electrons. The number of halogens is 1. The normalized spacial score (nSPS) is 12.2. The average Bonchev–Trinajstić information content (AvgIpc) is 3.39. The van der Waals surface area contributed by atoms with Gasteiger partial charge in [0.15, 0.2) is 0 Å². The molecule has 0 aliphatic carbocycles.